The van der Waals surface area contributed by atoms with Gasteiger partial charge in [0, 0.05) is 18.8 Å². The van der Waals surface area contributed by atoms with Gasteiger partial charge in [0.15, 0.2) is 5.13 Å². The Morgan fingerprint density at radius 1 is 1.34 bits per heavy atom. The van der Waals surface area contributed by atoms with Crippen LogP contribution in [0, 0.1) is 13.8 Å². The third-order valence-electron chi connectivity index (χ3n) is 4.72. The smallest absolute Gasteiger partial charge is 0.266 e. The summed E-state index contributed by atoms with van der Waals surface area (Å²) in [5.41, 5.74) is 3.62. The lowest BCUT2D eigenvalue weighted by molar-refractivity contribution is -0.122. The number of benzene rings is 1. The van der Waals surface area contributed by atoms with Gasteiger partial charge in [-0.2, -0.15) is 0 Å². The molecule has 0 spiro atoms. The van der Waals surface area contributed by atoms with Crippen LogP contribution in [0.3, 0.4) is 0 Å². The van der Waals surface area contributed by atoms with Gasteiger partial charge in [-0.05, 0) is 43.5 Å². The first kappa shape index (κ1) is 21.7. The Balaban J connectivity index is 1.89. The maximum absolute atomic E-state index is 12.6. The number of carbonyl (C=O) groups is 2. The summed E-state index contributed by atoms with van der Waals surface area (Å²) in [6.07, 6.45) is 3.68. The van der Waals surface area contributed by atoms with Gasteiger partial charge in [0.2, 0.25) is 5.91 Å². The van der Waals surface area contributed by atoms with E-state index in [2.05, 4.69) is 11.9 Å². The van der Waals surface area contributed by atoms with Crippen molar-refractivity contribution in [2.75, 3.05) is 11.4 Å². The van der Waals surface area contributed by atoms with Crippen molar-refractivity contribution in [1.29, 1.82) is 0 Å². The van der Waals surface area contributed by atoms with Gasteiger partial charge < -0.3 is 0 Å². The van der Waals surface area contributed by atoms with Crippen LogP contribution >= 0.6 is 35.3 Å². The van der Waals surface area contributed by atoms with E-state index in [0.717, 1.165) is 29.7 Å². The molecule has 0 bridgehead atoms. The van der Waals surface area contributed by atoms with Crippen molar-refractivity contribution in [2.24, 2.45) is 0 Å². The Hall–Kier alpha value is -2.03. The molecule has 0 saturated carbocycles. The maximum Gasteiger partial charge on any atom is 0.266 e. The summed E-state index contributed by atoms with van der Waals surface area (Å²) in [6, 6.07) is 5.87. The first-order valence-corrected chi connectivity index (χ1v) is 11.5. The molecule has 0 N–H and O–H groups in total. The van der Waals surface area contributed by atoms with Crippen LogP contribution in [-0.4, -0.2) is 32.6 Å². The molecule has 1 aromatic heterocycles. The van der Waals surface area contributed by atoms with E-state index in [1.807, 2.05) is 37.4 Å². The zero-order valence-electron chi connectivity index (χ0n) is 16.9. The van der Waals surface area contributed by atoms with Crippen molar-refractivity contribution >= 4 is 68.3 Å². The average molecular weight is 446 g/mol. The molecule has 0 atom stereocenters. The van der Waals surface area contributed by atoms with Crippen molar-refractivity contribution in [3.63, 3.8) is 0 Å². The van der Waals surface area contributed by atoms with Crippen LogP contribution in [0.2, 0.25) is 0 Å². The summed E-state index contributed by atoms with van der Waals surface area (Å²) in [5.74, 6) is -0.175. The van der Waals surface area contributed by atoms with Gasteiger partial charge in [-0.1, -0.05) is 49.5 Å². The Morgan fingerprint density at radius 3 is 2.79 bits per heavy atom. The van der Waals surface area contributed by atoms with Crippen LogP contribution in [0.5, 0.6) is 0 Å². The molecule has 3 rings (SSSR count). The number of thiocarbonyl (C=S) groups is 1. The van der Waals surface area contributed by atoms with Gasteiger partial charge in [0.1, 0.15) is 4.32 Å². The monoisotopic (exact) mass is 445 g/mol. The van der Waals surface area contributed by atoms with Crippen molar-refractivity contribution in [1.82, 2.24) is 9.88 Å². The Labute approximate surface area is 184 Å². The number of hydrogen-bond donors (Lipinski definition) is 0. The average Bonchev–Trinajstić information content (AvgIpc) is 3.22. The number of nitrogens with zero attached hydrogens (tertiary/aromatic N) is 3. The molecule has 1 aromatic carbocycles. The van der Waals surface area contributed by atoms with Gasteiger partial charge in [0.05, 0.1) is 16.3 Å². The zero-order chi connectivity index (χ0) is 21.1. The third kappa shape index (κ3) is 4.60. The van der Waals surface area contributed by atoms with Crippen LogP contribution in [-0.2, 0) is 9.59 Å². The molecule has 1 saturated heterocycles. The van der Waals surface area contributed by atoms with E-state index in [-0.39, 0.29) is 11.8 Å². The van der Waals surface area contributed by atoms with Crippen LogP contribution in [0.15, 0.2) is 28.5 Å². The SMILES string of the molecule is CCCCN1C(=O)C(=Cc2csc(N(C(C)=O)c3cccc(C)c3C)n2)SC1=S. The molecule has 2 aromatic rings. The van der Waals surface area contributed by atoms with Gasteiger partial charge in [0.25, 0.3) is 5.91 Å². The molecule has 5 nitrogen and oxygen atoms in total. The standard InChI is InChI=1S/C21H23N3O2S3/c1-5-6-10-23-19(26)18(29-21(23)27)11-16-12-28-20(22-16)24(15(4)25)17-9-7-8-13(2)14(17)3/h7-9,11-12H,5-6,10H2,1-4H3. The van der Waals surface area contributed by atoms with Crippen molar-refractivity contribution < 1.29 is 9.59 Å². The van der Waals surface area contributed by atoms with E-state index in [1.165, 1.54) is 30.0 Å². The zero-order valence-corrected chi connectivity index (χ0v) is 19.3. The van der Waals surface area contributed by atoms with Crippen LogP contribution in [0.25, 0.3) is 6.08 Å². The van der Waals surface area contributed by atoms with E-state index >= 15 is 0 Å². The predicted molar refractivity (Wildman–Crippen MR) is 126 cm³/mol. The number of amides is 2. The van der Waals surface area contributed by atoms with Crippen molar-refractivity contribution in [2.45, 2.75) is 40.5 Å². The number of aryl methyl sites for hydroxylation is 1. The molecule has 1 aliphatic rings. The number of carbonyl (C=O) groups excluding carboxylic acids is 2. The lowest BCUT2D eigenvalue weighted by atomic mass is 10.1. The summed E-state index contributed by atoms with van der Waals surface area (Å²) in [6.45, 7) is 8.27. The minimum atomic E-state index is -0.106. The molecule has 2 amide bonds. The van der Waals surface area contributed by atoms with E-state index in [4.69, 9.17) is 12.2 Å². The number of rotatable bonds is 6. The molecule has 1 aliphatic heterocycles. The van der Waals surface area contributed by atoms with Crippen LogP contribution in [0.1, 0.15) is 43.5 Å². The summed E-state index contributed by atoms with van der Waals surface area (Å²) < 4.78 is 0.589. The van der Waals surface area contributed by atoms with Crippen LogP contribution < -0.4 is 4.90 Å². The Bertz CT molecular complexity index is 997. The largest absolute Gasteiger partial charge is 0.293 e. The summed E-state index contributed by atoms with van der Waals surface area (Å²) in [5, 5.41) is 2.44. The molecule has 1 fully saturated rings. The Morgan fingerprint density at radius 2 is 2.10 bits per heavy atom. The summed E-state index contributed by atoms with van der Waals surface area (Å²) in [7, 11) is 0. The fourth-order valence-electron chi connectivity index (χ4n) is 2.97. The third-order valence-corrected chi connectivity index (χ3v) is 6.94. The number of anilines is 2. The van der Waals surface area contributed by atoms with E-state index < -0.39 is 0 Å². The molecule has 2 heterocycles. The molecular formula is C21H23N3O2S3. The molecule has 0 unspecified atom stereocenters. The Kier molecular flexibility index (Phi) is 6.87. The highest BCUT2D eigenvalue weighted by atomic mass is 32.2. The van der Waals surface area contributed by atoms with Gasteiger partial charge in [-0.3, -0.25) is 19.4 Å². The van der Waals surface area contributed by atoms with E-state index in [1.54, 1.807) is 15.9 Å². The number of unbranched alkanes of at least 4 members (excludes halogenated alkanes) is 1. The highest BCUT2D eigenvalue weighted by Gasteiger charge is 2.31. The highest BCUT2D eigenvalue weighted by molar-refractivity contribution is 8.26. The molecule has 0 aliphatic carbocycles. The fraction of sp³-hybridized carbons (Fsp3) is 0.333. The van der Waals surface area contributed by atoms with Gasteiger partial charge in [-0.15, -0.1) is 11.3 Å². The first-order chi connectivity index (χ1) is 13.8. The summed E-state index contributed by atoms with van der Waals surface area (Å²) in [4.78, 5) is 33.5. The van der Waals surface area contributed by atoms with E-state index in [0.29, 0.717) is 26.6 Å². The van der Waals surface area contributed by atoms with Gasteiger partial charge >= 0.3 is 0 Å². The fourth-order valence-corrected chi connectivity index (χ4v) is 5.10. The maximum atomic E-state index is 12.6. The number of hydrogen-bond acceptors (Lipinski definition) is 6. The second-order valence-electron chi connectivity index (χ2n) is 6.82. The minimum absolute atomic E-state index is 0.0686. The first-order valence-electron chi connectivity index (χ1n) is 9.41. The number of aromatic nitrogens is 1. The molecule has 152 valence electrons. The second kappa shape index (κ2) is 9.19. The van der Waals surface area contributed by atoms with E-state index in [9.17, 15) is 9.59 Å². The minimum Gasteiger partial charge on any atom is -0.293 e. The number of thiazole rings is 1. The van der Waals surface area contributed by atoms with Gasteiger partial charge in [-0.25, -0.2) is 4.98 Å². The van der Waals surface area contributed by atoms with Crippen molar-refractivity contribution in [3.05, 3.63) is 45.3 Å². The van der Waals surface area contributed by atoms with Crippen LogP contribution in [0.4, 0.5) is 10.8 Å². The topological polar surface area (TPSA) is 53.5 Å². The summed E-state index contributed by atoms with van der Waals surface area (Å²) >= 11 is 8.03. The quantitative estimate of drug-likeness (QED) is 0.437. The second-order valence-corrected chi connectivity index (χ2v) is 9.33. The predicted octanol–water partition coefficient (Wildman–Crippen LogP) is 5.45. The highest BCUT2D eigenvalue weighted by Crippen LogP contribution is 2.35. The molecular weight excluding hydrogens is 422 g/mol. The normalized spacial score (nSPS) is 15.4. The molecule has 0 radical (unpaired) electrons. The van der Waals surface area contributed by atoms with Crippen molar-refractivity contribution in [3.8, 4) is 0 Å². The lowest BCUT2D eigenvalue weighted by Crippen LogP contribution is -2.28. The lowest BCUT2D eigenvalue weighted by Gasteiger charge is -2.21. The molecule has 8 heteroatoms. The number of thioether (sulfide) groups is 1. The molecule has 29 heavy (non-hydrogen) atoms.